The summed E-state index contributed by atoms with van der Waals surface area (Å²) < 4.78 is 13.7. The zero-order chi connectivity index (χ0) is 15.4. The second-order valence-electron chi connectivity index (χ2n) is 6.15. The molecule has 1 saturated heterocycles. The Bertz CT molecular complexity index is 463. The molecule has 1 aromatic carbocycles. The van der Waals surface area contributed by atoms with E-state index in [1.807, 2.05) is 6.07 Å². The number of nitrogens with one attached hydrogen (secondary N) is 1. The molecular formula is C17H28FN3. The topological polar surface area (TPSA) is 18.5 Å². The Balaban J connectivity index is 2.22. The van der Waals surface area contributed by atoms with E-state index >= 15 is 0 Å². The van der Waals surface area contributed by atoms with Crippen molar-refractivity contribution in [3.05, 3.63) is 29.6 Å². The van der Waals surface area contributed by atoms with Crippen LogP contribution >= 0.6 is 0 Å². The van der Waals surface area contributed by atoms with E-state index in [4.69, 9.17) is 0 Å². The van der Waals surface area contributed by atoms with Crippen molar-refractivity contribution in [3.8, 4) is 0 Å². The van der Waals surface area contributed by atoms with Crippen LogP contribution in [0.15, 0.2) is 18.2 Å². The van der Waals surface area contributed by atoms with E-state index in [9.17, 15) is 4.39 Å². The molecule has 0 aliphatic carbocycles. The molecule has 2 rings (SSSR count). The zero-order valence-corrected chi connectivity index (χ0v) is 13.7. The molecule has 0 amide bonds. The van der Waals surface area contributed by atoms with E-state index in [1.165, 1.54) is 5.69 Å². The Labute approximate surface area is 128 Å². The average molecular weight is 293 g/mol. The maximum absolute atomic E-state index is 13.7. The van der Waals surface area contributed by atoms with Gasteiger partial charge in [0, 0.05) is 37.4 Å². The Morgan fingerprint density at radius 3 is 2.81 bits per heavy atom. The predicted octanol–water partition coefficient (Wildman–Crippen LogP) is 3.03. The van der Waals surface area contributed by atoms with Gasteiger partial charge < -0.3 is 15.1 Å². The molecule has 1 aliphatic heterocycles. The SMILES string of the molecule is CCCNC(C)c1cc(F)ccc1N1CCN(C)C(C)C1. The number of benzene rings is 1. The molecule has 0 saturated carbocycles. The van der Waals surface area contributed by atoms with Crippen LogP contribution in [0.2, 0.25) is 0 Å². The Morgan fingerprint density at radius 2 is 2.14 bits per heavy atom. The molecule has 3 nitrogen and oxygen atoms in total. The number of anilines is 1. The summed E-state index contributed by atoms with van der Waals surface area (Å²) in [5.74, 6) is -0.152. The summed E-state index contributed by atoms with van der Waals surface area (Å²) in [6.07, 6.45) is 1.08. The summed E-state index contributed by atoms with van der Waals surface area (Å²) in [5.41, 5.74) is 2.24. The molecule has 1 fully saturated rings. The van der Waals surface area contributed by atoms with Crippen molar-refractivity contribution in [1.29, 1.82) is 0 Å². The summed E-state index contributed by atoms with van der Waals surface area (Å²) in [4.78, 5) is 4.77. The molecule has 4 heteroatoms. The number of nitrogens with zero attached hydrogens (tertiary/aromatic N) is 2. The van der Waals surface area contributed by atoms with Gasteiger partial charge in [-0.3, -0.25) is 0 Å². The highest BCUT2D eigenvalue weighted by Gasteiger charge is 2.23. The molecular weight excluding hydrogens is 265 g/mol. The summed E-state index contributed by atoms with van der Waals surface area (Å²) in [6, 6.07) is 5.90. The van der Waals surface area contributed by atoms with E-state index in [-0.39, 0.29) is 11.9 Å². The number of halogens is 1. The van der Waals surface area contributed by atoms with Crippen LogP contribution in [0.5, 0.6) is 0 Å². The predicted molar refractivity (Wildman–Crippen MR) is 87.4 cm³/mol. The van der Waals surface area contributed by atoms with Crippen molar-refractivity contribution in [2.75, 3.05) is 38.1 Å². The van der Waals surface area contributed by atoms with Gasteiger partial charge in [-0.1, -0.05) is 6.92 Å². The van der Waals surface area contributed by atoms with E-state index in [2.05, 4.69) is 42.9 Å². The van der Waals surface area contributed by atoms with Gasteiger partial charge in [0.25, 0.3) is 0 Å². The van der Waals surface area contributed by atoms with Gasteiger partial charge in [0.15, 0.2) is 0 Å². The molecule has 0 aromatic heterocycles. The van der Waals surface area contributed by atoms with Gasteiger partial charge >= 0.3 is 0 Å². The number of piperazine rings is 1. The van der Waals surface area contributed by atoms with Crippen LogP contribution in [0.1, 0.15) is 38.8 Å². The lowest BCUT2D eigenvalue weighted by atomic mass is 10.0. The second-order valence-corrected chi connectivity index (χ2v) is 6.15. The van der Waals surface area contributed by atoms with E-state index in [0.717, 1.165) is 38.2 Å². The number of likely N-dealkylation sites (N-methyl/N-ethyl adjacent to an activating group) is 1. The minimum Gasteiger partial charge on any atom is -0.368 e. The third-order valence-electron chi connectivity index (χ3n) is 4.46. The van der Waals surface area contributed by atoms with Gasteiger partial charge in [-0.2, -0.15) is 0 Å². The monoisotopic (exact) mass is 293 g/mol. The van der Waals surface area contributed by atoms with Crippen LogP contribution in [0.25, 0.3) is 0 Å². The van der Waals surface area contributed by atoms with Gasteiger partial charge in [-0.05, 0) is 57.6 Å². The zero-order valence-electron chi connectivity index (χ0n) is 13.7. The summed E-state index contributed by atoms with van der Waals surface area (Å²) in [5, 5.41) is 3.47. The normalized spacial score (nSPS) is 21.6. The number of hydrogen-bond acceptors (Lipinski definition) is 3. The van der Waals surface area contributed by atoms with Crippen molar-refractivity contribution in [2.24, 2.45) is 0 Å². The summed E-state index contributed by atoms with van der Waals surface area (Å²) >= 11 is 0. The van der Waals surface area contributed by atoms with E-state index in [1.54, 1.807) is 12.1 Å². The Morgan fingerprint density at radius 1 is 1.38 bits per heavy atom. The highest BCUT2D eigenvalue weighted by atomic mass is 19.1. The van der Waals surface area contributed by atoms with Crippen LogP contribution in [0, 0.1) is 5.82 Å². The maximum Gasteiger partial charge on any atom is 0.123 e. The molecule has 1 heterocycles. The van der Waals surface area contributed by atoms with Gasteiger partial charge in [-0.15, -0.1) is 0 Å². The average Bonchev–Trinajstić information content (AvgIpc) is 2.47. The van der Waals surface area contributed by atoms with Crippen molar-refractivity contribution in [2.45, 2.75) is 39.3 Å². The van der Waals surface area contributed by atoms with Gasteiger partial charge in [-0.25, -0.2) is 4.39 Å². The van der Waals surface area contributed by atoms with Gasteiger partial charge in [0.1, 0.15) is 5.82 Å². The molecule has 1 aliphatic rings. The van der Waals surface area contributed by atoms with Crippen molar-refractivity contribution in [1.82, 2.24) is 10.2 Å². The van der Waals surface area contributed by atoms with E-state index < -0.39 is 0 Å². The fraction of sp³-hybridized carbons (Fsp3) is 0.647. The molecule has 2 unspecified atom stereocenters. The second kappa shape index (κ2) is 7.23. The maximum atomic E-state index is 13.7. The summed E-state index contributed by atoms with van der Waals surface area (Å²) in [6.45, 7) is 10.5. The highest BCUT2D eigenvalue weighted by molar-refractivity contribution is 5.55. The summed E-state index contributed by atoms with van der Waals surface area (Å²) in [7, 11) is 2.17. The molecule has 21 heavy (non-hydrogen) atoms. The highest BCUT2D eigenvalue weighted by Crippen LogP contribution is 2.29. The first-order valence-corrected chi connectivity index (χ1v) is 8.01. The fourth-order valence-corrected chi connectivity index (χ4v) is 2.90. The first kappa shape index (κ1) is 16.2. The quantitative estimate of drug-likeness (QED) is 0.900. The molecule has 118 valence electrons. The first-order chi connectivity index (χ1) is 10.0. The standard InChI is InChI=1S/C17H28FN3/c1-5-8-19-14(3)16-11-15(18)6-7-17(16)21-10-9-20(4)13(2)12-21/h6-7,11,13-14,19H,5,8-10,12H2,1-4H3. The lowest BCUT2D eigenvalue weighted by Gasteiger charge is -2.40. The van der Waals surface area contributed by atoms with Crippen LogP contribution in [0.3, 0.4) is 0 Å². The molecule has 1 aromatic rings. The Hall–Kier alpha value is -1.13. The van der Waals surface area contributed by atoms with Crippen LogP contribution in [-0.4, -0.2) is 44.2 Å². The lowest BCUT2D eigenvalue weighted by molar-refractivity contribution is 0.234. The molecule has 0 spiro atoms. The largest absolute Gasteiger partial charge is 0.368 e. The van der Waals surface area contributed by atoms with Crippen LogP contribution in [0.4, 0.5) is 10.1 Å². The third-order valence-corrected chi connectivity index (χ3v) is 4.46. The fourth-order valence-electron chi connectivity index (χ4n) is 2.90. The number of hydrogen-bond donors (Lipinski definition) is 1. The van der Waals surface area contributed by atoms with Gasteiger partial charge in [0.05, 0.1) is 0 Å². The molecule has 0 radical (unpaired) electrons. The van der Waals surface area contributed by atoms with E-state index in [0.29, 0.717) is 6.04 Å². The lowest BCUT2D eigenvalue weighted by Crippen LogP contribution is -2.50. The van der Waals surface area contributed by atoms with Crippen LogP contribution < -0.4 is 10.2 Å². The van der Waals surface area contributed by atoms with Gasteiger partial charge in [0.2, 0.25) is 0 Å². The minimum absolute atomic E-state index is 0.152. The first-order valence-electron chi connectivity index (χ1n) is 8.01. The minimum atomic E-state index is -0.152. The van der Waals surface area contributed by atoms with Crippen molar-refractivity contribution in [3.63, 3.8) is 0 Å². The Kier molecular flexibility index (Phi) is 5.59. The number of rotatable bonds is 5. The van der Waals surface area contributed by atoms with Crippen molar-refractivity contribution < 1.29 is 4.39 Å². The smallest absolute Gasteiger partial charge is 0.123 e. The molecule has 1 N–H and O–H groups in total. The van der Waals surface area contributed by atoms with Crippen molar-refractivity contribution >= 4 is 5.69 Å². The van der Waals surface area contributed by atoms with Crippen LogP contribution in [-0.2, 0) is 0 Å². The third kappa shape index (κ3) is 3.95. The molecule has 2 atom stereocenters. The molecule has 0 bridgehead atoms.